The maximum atomic E-state index is 14.2. The van der Waals surface area contributed by atoms with Crippen LogP contribution in [-0.2, 0) is 27.1 Å². The summed E-state index contributed by atoms with van der Waals surface area (Å²) in [6, 6.07) is 16.6. The second-order valence-corrected chi connectivity index (χ2v) is 8.21. The lowest BCUT2D eigenvalue weighted by Gasteiger charge is -2.09. The number of fused-ring (bicyclic) bond motifs is 1. The molecule has 3 heterocycles. The number of nitrogens with zero attached hydrogens (tertiary/aromatic N) is 5. The Morgan fingerprint density at radius 2 is 1.85 bits per heavy atom. The predicted octanol–water partition coefficient (Wildman–Crippen LogP) is 4.03. The van der Waals surface area contributed by atoms with Crippen LogP contribution in [0.25, 0.3) is 22.2 Å². The van der Waals surface area contributed by atoms with Crippen LogP contribution in [-0.4, -0.2) is 30.2 Å². The van der Waals surface area contributed by atoms with Crippen LogP contribution in [0.1, 0.15) is 27.4 Å². The van der Waals surface area contributed by atoms with Crippen molar-refractivity contribution < 1.29 is 9.18 Å². The van der Waals surface area contributed by atoms with Crippen LogP contribution in [0.3, 0.4) is 0 Å². The van der Waals surface area contributed by atoms with Gasteiger partial charge in [-0.25, -0.2) is 14.4 Å². The molecule has 0 saturated heterocycles. The fourth-order valence-corrected chi connectivity index (χ4v) is 4.07. The second kappa shape index (κ2) is 8.90. The highest BCUT2D eigenvalue weighted by Gasteiger charge is 2.18. The lowest BCUT2D eigenvalue weighted by Crippen LogP contribution is -2.24. The van der Waals surface area contributed by atoms with Gasteiger partial charge in [-0.2, -0.15) is 5.10 Å². The number of halogens is 1. The van der Waals surface area contributed by atoms with Gasteiger partial charge in [-0.05, 0) is 41.0 Å². The van der Waals surface area contributed by atoms with E-state index in [2.05, 4.69) is 15.4 Å². The first-order chi connectivity index (χ1) is 16.5. The van der Waals surface area contributed by atoms with Crippen molar-refractivity contribution in [3.8, 4) is 11.1 Å². The smallest absolute Gasteiger partial charge is 0.272 e. The molecular weight excluding hydrogens is 431 g/mol. The molecule has 7 nitrogen and oxygen atoms in total. The number of imidazole rings is 1. The number of rotatable bonds is 6. The average molecular weight is 455 g/mol. The fraction of sp³-hybridized carbons (Fsp3) is 0.154. The molecule has 0 fully saturated rings. The number of aromatic nitrogens is 5. The lowest BCUT2D eigenvalue weighted by molar-refractivity contribution is 0.0947. The number of pyridine rings is 1. The van der Waals surface area contributed by atoms with E-state index in [-0.39, 0.29) is 24.0 Å². The molecule has 0 aliphatic carbocycles. The van der Waals surface area contributed by atoms with Crippen LogP contribution >= 0.6 is 0 Å². The third kappa shape index (κ3) is 4.30. The van der Waals surface area contributed by atoms with Crippen LogP contribution in [0.15, 0.2) is 73.2 Å². The highest BCUT2D eigenvalue weighted by atomic mass is 19.1. The summed E-state index contributed by atoms with van der Waals surface area (Å²) < 4.78 is 17.8. The topological polar surface area (TPSA) is 77.6 Å². The van der Waals surface area contributed by atoms with Gasteiger partial charge in [0.05, 0.1) is 17.2 Å². The molecule has 1 amide bonds. The zero-order valence-corrected chi connectivity index (χ0v) is 18.9. The Morgan fingerprint density at radius 1 is 1.03 bits per heavy atom. The number of hydrogen-bond donors (Lipinski definition) is 1. The highest BCUT2D eigenvalue weighted by molar-refractivity contribution is 6.03. The number of carbonyl (C=O) groups excluding carboxylic acids is 1. The number of carbonyl (C=O) groups is 1. The zero-order valence-electron chi connectivity index (χ0n) is 18.9. The van der Waals surface area contributed by atoms with Crippen molar-refractivity contribution in [1.29, 1.82) is 0 Å². The van der Waals surface area contributed by atoms with Crippen molar-refractivity contribution in [2.75, 3.05) is 0 Å². The van der Waals surface area contributed by atoms with Crippen molar-refractivity contribution in [3.63, 3.8) is 0 Å². The molecule has 0 aliphatic heterocycles. The van der Waals surface area contributed by atoms with E-state index in [1.54, 1.807) is 30.2 Å². The molecule has 1 N–H and O–H groups in total. The molecule has 170 valence electrons. The van der Waals surface area contributed by atoms with E-state index in [1.165, 1.54) is 12.1 Å². The maximum Gasteiger partial charge on any atom is 0.272 e. The standard InChI is InChI=1S/C26H23FN6O/c1-32-16-20(15-30-32)19-10-18(11-21(27)13-19)14-29-26(34)24-25-22(8-9-28-24)31-23(33(25)2)12-17-6-4-3-5-7-17/h3-11,13,15-16H,12,14H2,1-2H3,(H,29,34). The van der Waals surface area contributed by atoms with Gasteiger partial charge in [-0.1, -0.05) is 30.3 Å². The van der Waals surface area contributed by atoms with E-state index < -0.39 is 0 Å². The largest absolute Gasteiger partial charge is 0.347 e. The first kappa shape index (κ1) is 21.5. The fourth-order valence-electron chi connectivity index (χ4n) is 4.07. The van der Waals surface area contributed by atoms with Gasteiger partial charge in [-0.3, -0.25) is 9.48 Å². The minimum Gasteiger partial charge on any atom is -0.347 e. The maximum absolute atomic E-state index is 14.2. The van der Waals surface area contributed by atoms with Gasteiger partial charge in [0.25, 0.3) is 5.91 Å². The van der Waals surface area contributed by atoms with Crippen LogP contribution in [0.4, 0.5) is 4.39 Å². The Morgan fingerprint density at radius 3 is 2.62 bits per heavy atom. The lowest BCUT2D eigenvalue weighted by atomic mass is 10.1. The summed E-state index contributed by atoms with van der Waals surface area (Å²) in [4.78, 5) is 22.1. The Balaban J connectivity index is 1.38. The number of nitrogens with one attached hydrogen (secondary N) is 1. The summed E-state index contributed by atoms with van der Waals surface area (Å²) in [5, 5.41) is 7.01. The van der Waals surface area contributed by atoms with E-state index in [1.807, 2.05) is 54.2 Å². The summed E-state index contributed by atoms with van der Waals surface area (Å²) in [6.45, 7) is 0.163. The molecular formula is C26H23FN6O. The quantitative estimate of drug-likeness (QED) is 0.420. The highest BCUT2D eigenvalue weighted by Crippen LogP contribution is 2.22. The molecule has 0 bridgehead atoms. The molecule has 8 heteroatoms. The van der Waals surface area contributed by atoms with Gasteiger partial charge in [0.1, 0.15) is 11.6 Å². The molecule has 0 spiro atoms. The number of hydrogen-bond acceptors (Lipinski definition) is 4. The van der Waals surface area contributed by atoms with Crippen molar-refractivity contribution in [2.24, 2.45) is 14.1 Å². The van der Waals surface area contributed by atoms with E-state index in [0.717, 1.165) is 17.0 Å². The van der Waals surface area contributed by atoms with Crippen LogP contribution in [0.2, 0.25) is 0 Å². The van der Waals surface area contributed by atoms with Crippen molar-refractivity contribution in [1.82, 2.24) is 29.6 Å². The third-order valence-electron chi connectivity index (χ3n) is 5.74. The molecule has 0 unspecified atom stereocenters. The van der Waals surface area contributed by atoms with Gasteiger partial charge in [0.2, 0.25) is 0 Å². The van der Waals surface area contributed by atoms with Gasteiger partial charge in [0.15, 0.2) is 5.69 Å². The van der Waals surface area contributed by atoms with E-state index >= 15 is 0 Å². The molecule has 2 aromatic carbocycles. The number of amides is 1. The third-order valence-corrected chi connectivity index (χ3v) is 5.74. The Kier molecular flexibility index (Phi) is 5.63. The average Bonchev–Trinajstić information content (AvgIpc) is 3.41. The Bertz CT molecular complexity index is 1490. The predicted molar refractivity (Wildman–Crippen MR) is 128 cm³/mol. The molecule has 3 aromatic heterocycles. The van der Waals surface area contributed by atoms with Gasteiger partial charge >= 0.3 is 0 Å². The van der Waals surface area contributed by atoms with Gasteiger partial charge < -0.3 is 9.88 Å². The second-order valence-electron chi connectivity index (χ2n) is 8.21. The van der Waals surface area contributed by atoms with E-state index in [0.29, 0.717) is 28.6 Å². The summed E-state index contributed by atoms with van der Waals surface area (Å²) in [5.74, 6) is 0.129. The molecule has 34 heavy (non-hydrogen) atoms. The summed E-state index contributed by atoms with van der Waals surface area (Å²) in [7, 11) is 3.69. The van der Waals surface area contributed by atoms with Crippen molar-refractivity contribution in [2.45, 2.75) is 13.0 Å². The van der Waals surface area contributed by atoms with Crippen LogP contribution in [0.5, 0.6) is 0 Å². The molecule has 0 saturated carbocycles. The van der Waals surface area contributed by atoms with Gasteiger partial charge in [-0.15, -0.1) is 0 Å². The number of benzene rings is 2. The molecule has 0 aliphatic rings. The normalized spacial score (nSPS) is 11.1. The Labute approximate surface area is 195 Å². The number of aryl methyl sites for hydroxylation is 2. The minimum atomic E-state index is -0.372. The summed E-state index contributed by atoms with van der Waals surface area (Å²) in [6.07, 6.45) is 5.72. The van der Waals surface area contributed by atoms with Crippen LogP contribution in [0, 0.1) is 5.82 Å². The zero-order chi connectivity index (χ0) is 23.7. The van der Waals surface area contributed by atoms with Crippen molar-refractivity contribution >= 4 is 16.9 Å². The van der Waals surface area contributed by atoms with E-state index in [4.69, 9.17) is 4.98 Å². The summed E-state index contributed by atoms with van der Waals surface area (Å²) >= 11 is 0. The molecule has 5 aromatic rings. The molecule has 0 radical (unpaired) electrons. The van der Waals surface area contributed by atoms with E-state index in [9.17, 15) is 9.18 Å². The van der Waals surface area contributed by atoms with Crippen molar-refractivity contribution in [3.05, 3.63) is 102 Å². The summed E-state index contributed by atoms with van der Waals surface area (Å²) in [5.41, 5.74) is 4.95. The monoisotopic (exact) mass is 454 g/mol. The molecule has 0 atom stereocenters. The van der Waals surface area contributed by atoms with Gasteiger partial charge in [0, 0.05) is 45.0 Å². The minimum absolute atomic E-state index is 0.163. The SMILES string of the molecule is Cn1cc(-c2cc(F)cc(CNC(=O)c3nccc4nc(Cc5ccccc5)n(C)c34)c2)cn1. The first-order valence-electron chi connectivity index (χ1n) is 10.9. The first-order valence-corrected chi connectivity index (χ1v) is 10.9. The molecule has 5 rings (SSSR count). The van der Waals surface area contributed by atoms with Crippen LogP contribution < -0.4 is 5.32 Å². The Hall–Kier alpha value is -4.33.